The van der Waals surface area contributed by atoms with Gasteiger partial charge in [-0.25, -0.2) is 0 Å². The summed E-state index contributed by atoms with van der Waals surface area (Å²) in [5.41, 5.74) is 1.12. The van der Waals surface area contributed by atoms with E-state index >= 15 is 0 Å². The van der Waals surface area contributed by atoms with E-state index in [1.807, 2.05) is 37.3 Å². The van der Waals surface area contributed by atoms with Gasteiger partial charge in [0.25, 0.3) is 0 Å². The predicted molar refractivity (Wildman–Crippen MR) is 87.1 cm³/mol. The molecule has 1 unspecified atom stereocenters. The number of carbonyl (C=O) groups excluding carboxylic acids is 1. The Morgan fingerprint density at radius 2 is 1.91 bits per heavy atom. The van der Waals surface area contributed by atoms with Crippen molar-refractivity contribution in [1.29, 1.82) is 0 Å². The Labute approximate surface area is 137 Å². The summed E-state index contributed by atoms with van der Waals surface area (Å²) in [5.74, 6) is -0.985. The van der Waals surface area contributed by atoms with Crippen LogP contribution in [0.5, 0.6) is 0 Å². The van der Waals surface area contributed by atoms with Crippen molar-refractivity contribution >= 4 is 11.9 Å². The van der Waals surface area contributed by atoms with Gasteiger partial charge in [-0.1, -0.05) is 37.3 Å². The third-order valence-corrected chi connectivity index (χ3v) is 4.29. The number of carboxylic acids is 1. The molecule has 0 radical (unpaired) electrons. The van der Waals surface area contributed by atoms with E-state index in [4.69, 9.17) is 9.84 Å². The van der Waals surface area contributed by atoms with E-state index in [1.165, 1.54) is 0 Å². The van der Waals surface area contributed by atoms with Gasteiger partial charge in [-0.05, 0) is 24.8 Å². The molecule has 5 heteroatoms. The lowest BCUT2D eigenvalue weighted by Crippen LogP contribution is -2.46. The maximum absolute atomic E-state index is 12.9. The third kappa shape index (κ3) is 5.36. The van der Waals surface area contributed by atoms with Crippen molar-refractivity contribution in [2.75, 3.05) is 19.8 Å². The zero-order chi connectivity index (χ0) is 16.7. The standard InChI is InChI=1S/C18H25NO4/c1-14(13-15-5-3-2-4-6-15)18(22)19(10-7-17(20)21)16-8-11-23-12-9-16/h2-6,14,16H,7-13H2,1H3,(H,20,21). The molecule has 1 N–H and O–H groups in total. The molecular weight excluding hydrogens is 294 g/mol. The minimum atomic E-state index is -0.870. The van der Waals surface area contributed by atoms with Crippen molar-refractivity contribution in [1.82, 2.24) is 4.90 Å². The molecule has 1 aliphatic heterocycles. The van der Waals surface area contributed by atoms with E-state index in [0.717, 1.165) is 18.4 Å². The van der Waals surface area contributed by atoms with Gasteiger partial charge in [0.2, 0.25) is 5.91 Å². The molecular formula is C18H25NO4. The average molecular weight is 319 g/mol. The van der Waals surface area contributed by atoms with Gasteiger partial charge in [0.05, 0.1) is 6.42 Å². The normalized spacial score (nSPS) is 16.7. The summed E-state index contributed by atoms with van der Waals surface area (Å²) in [6.07, 6.45) is 2.22. The lowest BCUT2D eigenvalue weighted by Gasteiger charge is -2.35. The van der Waals surface area contributed by atoms with Crippen LogP contribution < -0.4 is 0 Å². The van der Waals surface area contributed by atoms with Gasteiger partial charge in [0, 0.05) is 31.7 Å². The van der Waals surface area contributed by atoms with Crippen LogP contribution in [0.3, 0.4) is 0 Å². The van der Waals surface area contributed by atoms with Crippen LogP contribution in [0.25, 0.3) is 0 Å². The summed E-state index contributed by atoms with van der Waals surface area (Å²) < 4.78 is 5.36. The van der Waals surface area contributed by atoms with Gasteiger partial charge in [0.15, 0.2) is 0 Å². The first-order chi connectivity index (χ1) is 11.1. The summed E-state index contributed by atoms with van der Waals surface area (Å²) in [5, 5.41) is 8.95. The number of carbonyl (C=O) groups is 2. The van der Waals surface area contributed by atoms with Gasteiger partial charge in [-0.3, -0.25) is 9.59 Å². The largest absolute Gasteiger partial charge is 0.481 e. The van der Waals surface area contributed by atoms with Crippen LogP contribution in [-0.2, 0) is 20.7 Å². The minimum Gasteiger partial charge on any atom is -0.481 e. The third-order valence-electron chi connectivity index (χ3n) is 4.29. The molecule has 126 valence electrons. The van der Waals surface area contributed by atoms with Crippen LogP contribution in [0, 0.1) is 5.92 Å². The van der Waals surface area contributed by atoms with Crippen LogP contribution in [-0.4, -0.2) is 47.7 Å². The highest BCUT2D eigenvalue weighted by Crippen LogP contribution is 2.19. The summed E-state index contributed by atoms with van der Waals surface area (Å²) in [6, 6.07) is 10.0. The van der Waals surface area contributed by atoms with E-state index < -0.39 is 5.97 Å². The lowest BCUT2D eigenvalue weighted by atomic mass is 9.97. The summed E-state index contributed by atoms with van der Waals surface area (Å²) >= 11 is 0. The fourth-order valence-electron chi connectivity index (χ4n) is 3.02. The fourth-order valence-corrected chi connectivity index (χ4v) is 3.02. The zero-order valence-corrected chi connectivity index (χ0v) is 13.6. The maximum atomic E-state index is 12.9. The van der Waals surface area contributed by atoms with Crippen molar-refractivity contribution in [2.45, 2.75) is 38.6 Å². The molecule has 1 aromatic rings. The average Bonchev–Trinajstić information content (AvgIpc) is 2.56. The number of hydrogen-bond acceptors (Lipinski definition) is 3. The van der Waals surface area contributed by atoms with Gasteiger partial charge >= 0.3 is 5.97 Å². The van der Waals surface area contributed by atoms with E-state index in [1.54, 1.807) is 4.90 Å². The smallest absolute Gasteiger partial charge is 0.305 e. The molecule has 0 saturated carbocycles. The molecule has 1 fully saturated rings. The van der Waals surface area contributed by atoms with E-state index in [-0.39, 0.29) is 30.8 Å². The fraction of sp³-hybridized carbons (Fsp3) is 0.556. The van der Waals surface area contributed by atoms with Crippen molar-refractivity contribution in [3.8, 4) is 0 Å². The molecule has 0 spiro atoms. The quantitative estimate of drug-likeness (QED) is 0.838. The Morgan fingerprint density at radius 3 is 2.52 bits per heavy atom. The highest BCUT2D eigenvalue weighted by molar-refractivity contribution is 5.79. The predicted octanol–water partition coefficient (Wildman–Crippen LogP) is 2.35. The second-order valence-corrected chi connectivity index (χ2v) is 6.11. The number of nitrogens with zero attached hydrogens (tertiary/aromatic N) is 1. The SMILES string of the molecule is CC(Cc1ccccc1)C(=O)N(CCC(=O)O)C1CCOCC1. The Hall–Kier alpha value is -1.88. The summed E-state index contributed by atoms with van der Waals surface area (Å²) in [4.78, 5) is 25.5. The number of ether oxygens (including phenoxy) is 1. The molecule has 1 heterocycles. The van der Waals surface area contributed by atoms with Crippen LogP contribution in [0.2, 0.25) is 0 Å². The number of hydrogen-bond donors (Lipinski definition) is 1. The van der Waals surface area contributed by atoms with Gasteiger partial charge in [-0.2, -0.15) is 0 Å². The molecule has 1 atom stereocenters. The van der Waals surface area contributed by atoms with E-state index in [9.17, 15) is 9.59 Å². The molecule has 2 rings (SSSR count). The van der Waals surface area contributed by atoms with Crippen molar-refractivity contribution < 1.29 is 19.4 Å². The number of carboxylic acid groups (broad SMARTS) is 1. The van der Waals surface area contributed by atoms with E-state index in [2.05, 4.69) is 0 Å². The first-order valence-electron chi connectivity index (χ1n) is 8.22. The van der Waals surface area contributed by atoms with E-state index in [0.29, 0.717) is 19.6 Å². The van der Waals surface area contributed by atoms with Crippen LogP contribution in [0.4, 0.5) is 0 Å². The molecule has 1 amide bonds. The first-order valence-corrected chi connectivity index (χ1v) is 8.22. The summed E-state index contributed by atoms with van der Waals surface area (Å²) in [7, 11) is 0. The maximum Gasteiger partial charge on any atom is 0.305 e. The van der Waals surface area contributed by atoms with Crippen molar-refractivity contribution in [3.05, 3.63) is 35.9 Å². The summed E-state index contributed by atoms with van der Waals surface area (Å²) in [6.45, 7) is 3.46. The number of aliphatic carboxylic acids is 1. The van der Waals surface area contributed by atoms with Gasteiger partial charge < -0.3 is 14.7 Å². The Morgan fingerprint density at radius 1 is 1.26 bits per heavy atom. The van der Waals surface area contributed by atoms with Gasteiger partial charge in [-0.15, -0.1) is 0 Å². The Bertz CT molecular complexity index is 511. The number of rotatable bonds is 7. The highest BCUT2D eigenvalue weighted by atomic mass is 16.5. The monoisotopic (exact) mass is 319 g/mol. The lowest BCUT2D eigenvalue weighted by molar-refractivity contribution is -0.142. The van der Waals surface area contributed by atoms with Crippen LogP contribution >= 0.6 is 0 Å². The molecule has 0 aliphatic carbocycles. The molecule has 0 aromatic heterocycles. The topological polar surface area (TPSA) is 66.8 Å². The molecule has 0 bridgehead atoms. The molecule has 5 nitrogen and oxygen atoms in total. The second kappa shape index (κ2) is 8.67. The Balaban J connectivity index is 2.02. The molecule has 23 heavy (non-hydrogen) atoms. The Kier molecular flexibility index (Phi) is 6.59. The molecule has 1 saturated heterocycles. The van der Waals surface area contributed by atoms with Gasteiger partial charge in [0.1, 0.15) is 0 Å². The minimum absolute atomic E-state index is 0.0127. The highest BCUT2D eigenvalue weighted by Gasteiger charge is 2.29. The zero-order valence-electron chi connectivity index (χ0n) is 13.6. The second-order valence-electron chi connectivity index (χ2n) is 6.11. The van der Waals surface area contributed by atoms with Crippen LogP contribution in [0.1, 0.15) is 31.7 Å². The first kappa shape index (κ1) is 17.5. The molecule has 1 aliphatic rings. The number of benzene rings is 1. The van der Waals surface area contributed by atoms with Crippen molar-refractivity contribution in [3.63, 3.8) is 0 Å². The van der Waals surface area contributed by atoms with Crippen LogP contribution in [0.15, 0.2) is 30.3 Å². The molecule has 1 aromatic carbocycles. The number of amides is 1. The van der Waals surface area contributed by atoms with Crippen molar-refractivity contribution in [2.24, 2.45) is 5.92 Å².